The van der Waals surface area contributed by atoms with E-state index < -0.39 is 52.2 Å². The first-order valence-electron chi connectivity index (χ1n) is 18.1. The van der Waals surface area contributed by atoms with Crippen LogP contribution in [0, 0.1) is 0 Å². The Labute approximate surface area is 326 Å². The van der Waals surface area contributed by atoms with Crippen LogP contribution in [0.1, 0.15) is 86.3 Å². The molecule has 0 radical (unpaired) electrons. The van der Waals surface area contributed by atoms with E-state index in [-0.39, 0.29) is 11.8 Å². The monoisotopic (exact) mass is 791 g/mol. The zero-order valence-electron chi connectivity index (χ0n) is 31.8. The molecule has 4 aromatic rings. The number of thiophene rings is 1. The molecule has 0 aliphatic heterocycles. The van der Waals surface area contributed by atoms with Gasteiger partial charge in [0.05, 0.1) is 24.2 Å². The molecule has 0 saturated carbocycles. The minimum absolute atomic E-state index is 0.0321. The summed E-state index contributed by atoms with van der Waals surface area (Å²) in [4.78, 5) is 61.5. The van der Waals surface area contributed by atoms with E-state index in [1.807, 2.05) is 51.1 Å². The zero-order chi connectivity index (χ0) is 40.2. The minimum atomic E-state index is -3.96. The van der Waals surface area contributed by atoms with Crippen molar-refractivity contribution in [1.82, 2.24) is 25.3 Å². The SMILES string of the molecule is CCCCCCCOc1ccc(-c2cnc(-c3ccc(CC(NC(=O)c4ccc(C(C)(C)C)s4)C(=O)NC(CC(=O)NS(C)(=O)=O)C(=O)O)cc3)nc2)cc1. The molecule has 294 valence electrons. The van der Waals surface area contributed by atoms with E-state index in [1.54, 1.807) is 47.4 Å². The number of hydrogen-bond acceptors (Lipinski definition) is 10. The van der Waals surface area contributed by atoms with Gasteiger partial charge >= 0.3 is 5.97 Å². The lowest BCUT2D eigenvalue weighted by Crippen LogP contribution is -2.53. The van der Waals surface area contributed by atoms with Crippen LogP contribution in [0.4, 0.5) is 0 Å². The molecular weight excluding hydrogens is 743 g/mol. The highest BCUT2D eigenvalue weighted by Gasteiger charge is 2.30. The van der Waals surface area contributed by atoms with Gasteiger partial charge in [-0.05, 0) is 47.2 Å². The van der Waals surface area contributed by atoms with Crippen LogP contribution in [0.15, 0.2) is 73.1 Å². The Morgan fingerprint density at radius 2 is 1.45 bits per heavy atom. The number of carbonyl (C=O) groups excluding carboxylic acids is 3. The normalized spacial score (nSPS) is 12.7. The van der Waals surface area contributed by atoms with Crippen LogP contribution in [-0.4, -0.2) is 72.1 Å². The molecule has 2 aromatic carbocycles. The summed E-state index contributed by atoms with van der Waals surface area (Å²) in [6.45, 7) is 8.92. The van der Waals surface area contributed by atoms with Gasteiger partial charge in [-0.15, -0.1) is 11.3 Å². The molecule has 0 fully saturated rings. The van der Waals surface area contributed by atoms with Crippen molar-refractivity contribution >= 4 is 45.1 Å². The fraction of sp³-hybridized carbons (Fsp3) is 0.400. The smallest absolute Gasteiger partial charge is 0.326 e. The number of amides is 3. The van der Waals surface area contributed by atoms with E-state index in [9.17, 15) is 32.7 Å². The molecule has 0 aliphatic rings. The molecule has 55 heavy (non-hydrogen) atoms. The Balaban J connectivity index is 1.46. The second kappa shape index (κ2) is 19.4. The number of unbranched alkanes of at least 4 members (excludes halogenated alkanes) is 4. The van der Waals surface area contributed by atoms with Gasteiger partial charge in [-0.1, -0.05) is 89.8 Å². The molecule has 0 aliphatic carbocycles. The van der Waals surface area contributed by atoms with Crippen LogP contribution in [0.25, 0.3) is 22.5 Å². The molecule has 2 aromatic heterocycles. The average Bonchev–Trinajstić information content (AvgIpc) is 3.64. The number of carboxylic acid groups (broad SMARTS) is 1. The quantitative estimate of drug-likeness (QED) is 0.0832. The highest BCUT2D eigenvalue weighted by molar-refractivity contribution is 7.89. The average molecular weight is 792 g/mol. The molecule has 2 atom stereocenters. The van der Waals surface area contributed by atoms with Crippen LogP contribution in [-0.2, 0) is 36.2 Å². The Morgan fingerprint density at radius 1 is 0.818 bits per heavy atom. The van der Waals surface area contributed by atoms with Crippen molar-refractivity contribution < 1.29 is 37.4 Å². The number of sulfonamides is 1. The molecule has 0 saturated heterocycles. The highest BCUT2D eigenvalue weighted by Crippen LogP contribution is 2.30. The topological polar surface area (TPSA) is 194 Å². The molecular formula is C40H49N5O8S2. The second-order valence-corrected chi connectivity index (χ2v) is 17.2. The number of carbonyl (C=O) groups is 4. The van der Waals surface area contributed by atoms with Crippen molar-refractivity contribution in [3.05, 3.63) is 88.4 Å². The molecule has 0 spiro atoms. The lowest BCUT2D eigenvalue weighted by molar-refractivity contribution is -0.143. The van der Waals surface area contributed by atoms with Gasteiger partial charge in [-0.2, -0.15) is 0 Å². The van der Waals surface area contributed by atoms with Gasteiger partial charge in [-0.25, -0.2) is 23.2 Å². The number of nitrogens with zero attached hydrogens (tertiary/aromatic N) is 2. The van der Waals surface area contributed by atoms with Gasteiger partial charge in [0.25, 0.3) is 5.91 Å². The van der Waals surface area contributed by atoms with Crippen molar-refractivity contribution in [2.24, 2.45) is 0 Å². The lowest BCUT2D eigenvalue weighted by atomic mass is 9.95. The van der Waals surface area contributed by atoms with Gasteiger partial charge in [0.2, 0.25) is 21.8 Å². The summed E-state index contributed by atoms with van der Waals surface area (Å²) in [6, 6.07) is 15.3. The first-order valence-corrected chi connectivity index (χ1v) is 20.8. The summed E-state index contributed by atoms with van der Waals surface area (Å²) < 4.78 is 30.5. The van der Waals surface area contributed by atoms with Gasteiger partial charge < -0.3 is 20.5 Å². The molecule has 3 amide bonds. The summed E-state index contributed by atoms with van der Waals surface area (Å²) in [7, 11) is -3.96. The van der Waals surface area contributed by atoms with Crippen LogP contribution in [0.5, 0.6) is 5.75 Å². The third-order valence-corrected chi connectivity index (χ3v) is 10.6. The number of hydrogen-bond donors (Lipinski definition) is 4. The standard InChI is InChI=1S/C40H49N5O8S2/c1-6-7-8-9-10-21-53-30-17-15-27(16-18-30)29-24-41-36(42-25-29)28-13-11-26(12-14-28)22-31(43-38(48)33-19-20-34(54-33)40(2,3)4)37(47)44-32(39(49)50)23-35(46)45-55(5,51)52/h11-20,24-25,31-32H,6-10,21-23H2,1-5H3,(H,43,48)(H,44,47)(H,45,46)(H,49,50). The van der Waals surface area contributed by atoms with Crippen LogP contribution in [0.2, 0.25) is 0 Å². The number of benzene rings is 2. The predicted molar refractivity (Wildman–Crippen MR) is 212 cm³/mol. The zero-order valence-corrected chi connectivity index (χ0v) is 33.4. The van der Waals surface area contributed by atoms with Crippen LogP contribution < -0.4 is 20.1 Å². The van der Waals surface area contributed by atoms with Crippen molar-refractivity contribution in [3.8, 4) is 28.3 Å². The number of aliphatic carboxylic acids is 1. The fourth-order valence-corrected chi connectivity index (χ4v) is 6.96. The van der Waals surface area contributed by atoms with E-state index in [4.69, 9.17) is 4.74 Å². The summed E-state index contributed by atoms with van der Waals surface area (Å²) in [5, 5.41) is 14.7. The summed E-state index contributed by atoms with van der Waals surface area (Å²) in [6.07, 6.45) is 9.23. The van der Waals surface area contributed by atoms with Crippen molar-refractivity contribution in [2.75, 3.05) is 12.9 Å². The third-order valence-electron chi connectivity index (χ3n) is 8.50. The number of aromatic nitrogens is 2. The van der Waals surface area contributed by atoms with E-state index in [0.717, 1.165) is 40.9 Å². The van der Waals surface area contributed by atoms with Crippen molar-refractivity contribution in [2.45, 2.75) is 90.1 Å². The lowest BCUT2D eigenvalue weighted by Gasteiger charge is -2.21. The predicted octanol–water partition coefficient (Wildman–Crippen LogP) is 5.90. The van der Waals surface area contributed by atoms with Gasteiger partial charge in [0.15, 0.2) is 5.82 Å². The van der Waals surface area contributed by atoms with E-state index >= 15 is 0 Å². The molecule has 2 heterocycles. The van der Waals surface area contributed by atoms with E-state index in [1.165, 1.54) is 30.6 Å². The summed E-state index contributed by atoms with van der Waals surface area (Å²) in [5.74, 6) is -2.78. The van der Waals surface area contributed by atoms with Gasteiger partial charge in [-0.3, -0.25) is 19.1 Å². The highest BCUT2D eigenvalue weighted by atomic mass is 32.2. The van der Waals surface area contributed by atoms with Crippen molar-refractivity contribution in [3.63, 3.8) is 0 Å². The first-order chi connectivity index (χ1) is 26.0. The molecule has 4 rings (SSSR count). The van der Waals surface area contributed by atoms with Crippen LogP contribution in [0.3, 0.4) is 0 Å². The molecule has 15 heteroatoms. The molecule has 13 nitrogen and oxygen atoms in total. The number of nitrogens with one attached hydrogen (secondary N) is 3. The van der Waals surface area contributed by atoms with Crippen molar-refractivity contribution in [1.29, 1.82) is 0 Å². The molecule has 4 N–H and O–H groups in total. The maximum Gasteiger partial charge on any atom is 0.326 e. The number of carboxylic acids is 1. The van der Waals surface area contributed by atoms with Gasteiger partial charge in [0.1, 0.15) is 17.8 Å². The Morgan fingerprint density at radius 3 is 2.04 bits per heavy atom. The Hall–Kier alpha value is -5.15. The van der Waals surface area contributed by atoms with E-state index in [0.29, 0.717) is 28.4 Å². The molecule has 2 unspecified atom stereocenters. The van der Waals surface area contributed by atoms with Crippen LogP contribution >= 0.6 is 11.3 Å². The Kier molecular flexibility index (Phi) is 15.1. The van der Waals surface area contributed by atoms with E-state index in [2.05, 4.69) is 27.5 Å². The number of ether oxygens (including phenoxy) is 1. The minimum Gasteiger partial charge on any atom is -0.494 e. The second-order valence-electron chi connectivity index (χ2n) is 14.3. The largest absolute Gasteiger partial charge is 0.494 e. The fourth-order valence-electron chi connectivity index (χ4n) is 5.50. The summed E-state index contributed by atoms with van der Waals surface area (Å²) in [5.41, 5.74) is 2.92. The third kappa shape index (κ3) is 13.6. The first kappa shape index (κ1) is 42.6. The maximum atomic E-state index is 13.5. The Bertz CT molecular complexity index is 2030. The number of rotatable bonds is 19. The maximum absolute atomic E-state index is 13.5. The van der Waals surface area contributed by atoms with Gasteiger partial charge in [0, 0.05) is 34.8 Å². The summed E-state index contributed by atoms with van der Waals surface area (Å²) >= 11 is 1.28. The molecule has 0 bridgehead atoms.